The van der Waals surface area contributed by atoms with Crippen molar-refractivity contribution in [3.63, 3.8) is 0 Å². The zero-order valence-electron chi connectivity index (χ0n) is 11.2. The fourth-order valence-electron chi connectivity index (χ4n) is 2.14. The van der Waals surface area contributed by atoms with Gasteiger partial charge in [0.2, 0.25) is 0 Å². The molecule has 1 aromatic rings. The van der Waals surface area contributed by atoms with Crippen LogP contribution in [0.3, 0.4) is 0 Å². The summed E-state index contributed by atoms with van der Waals surface area (Å²) in [4.78, 5) is 11.3. The number of halogens is 2. The number of benzene rings is 1. The van der Waals surface area contributed by atoms with Gasteiger partial charge in [-0.25, -0.2) is 8.78 Å². The molecule has 3 nitrogen and oxygen atoms in total. The predicted molar refractivity (Wildman–Crippen MR) is 71.4 cm³/mol. The van der Waals surface area contributed by atoms with Gasteiger partial charge in [-0.2, -0.15) is 0 Å². The molecule has 0 aromatic heterocycles. The number of rotatable bonds is 6. The van der Waals surface area contributed by atoms with E-state index in [0.717, 1.165) is 25.0 Å². The summed E-state index contributed by atoms with van der Waals surface area (Å²) in [5.41, 5.74) is 0.271. The standard InChI is InChI=1S/C14H16F2O3S/c1-19-13(17)7-14(4-5-14)9-20(18)8-10-2-3-11(15)12(16)6-10/h2-3,6H,4-5,7-9H2,1H3. The van der Waals surface area contributed by atoms with Crippen LogP contribution in [0.1, 0.15) is 24.8 Å². The predicted octanol–water partition coefficient (Wildman–Crippen LogP) is 2.56. The third-order valence-corrected chi connectivity index (χ3v) is 5.07. The molecule has 1 aliphatic rings. The lowest BCUT2D eigenvalue weighted by Crippen LogP contribution is -2.18. The summed E-state index contributed by atoms with van der Waals surface area (Å²) in [5.74, 6) is -1.59. The van der Waals surface area contributed by atoms with Gasteiger partial charge >= 0.3 is 5.97 Å². The number of hydrogen-bond donors (Lipinski definition) is 0. The summed E-state index contributed by atoms with van der Waals surface area (Å²) < 4.78 is 42.6. The van der Waals surface area contributed by atoms with Gasteiger partial charge in [-0.05, 0) is 36.0 Å². The Hall–Kier alpha value is -1.30. The first-order valence-electron chi connectivity index (χ1n) is 6.30. The van der Waals surface area contributed by atoms with Gasteiger partial charge in [-0.1, -0.05) is 6.07 Å². The fraction of sp³-hybridized carbons (Fsp3) is 0.500. The fourth-order valence-corrected chi connectivity index (χ4v) is 3.86. The van der Waals surface area contributed by atoms with Crippen LogP contribution in [0.5, 0.6) is 0 Å². The molecule has 1 fully saturated rings. The first-order chi connectivity index (χ1) is 9.44. The summed E-state index contributed by atoms with van der Waals surface area (Å²) in [6.45, 7) is 0. The van der Waals surface area contributed by atoms with Crippen molar-refractivity contribution in [2.24, 2.45) is 5.41 Å². The smallest absolute Gasteiger partial charge is 0.306 e. The van der Waals surface area contributed by atoms with E-state index in [-0.39, 0.29) is 23.6 Å². The Labute approximate surface area is 118 Å². The minimum absolute atomic E-state index is 0.167. The molecule has 0 saturated heterocycles. The van der Waals surface area contributed by atoms with E-state index in [1.54, 1.807) is 0 Å². The van der Waals surface area contributed by atoms with Crippen molar-refractivity contribution in [1.29, 1.82) is 0 Å². The lowest BCUT2D eigenvalue weighted by atomic mass is 10.1. The summed E-state index contributed by atoms with van der Waals surface area (Å²) in [6.07, 6.45) is 1.98. The Morgan fingerprint density at radius 1 is 1.35 bits per heavy atom. The Balaban J connectivity index is 1.92. The van der Waals surface area contributed by atoms with Gasteiger partial charge < -0.3 is 4.74 Å². The Morgan fingerprint density at radius 2 is 2.05 bits per heavy atom. The maximum absolute atomic E-state index is 13.1. The Kier molecular flexibility index (Phi) is 4.52. The Morgan fingerprint density at radius 3 is 2.60 bits per heavy atom. The van der Waals surface area contributed by atoms with Crippen molar-refractivity contribution < 1.29 is 22.5 Å². The molecule has 0 aliphatic heterocycles. The van der Waals surface area contributed by atoms with Gasteiger partial charge in [-0.15, -0.1) is 0 Å². The van der Waals surface area contributed by atoms with Crippen molar-refractivity contribution in [3.8, 4) is 0 Å². The van der Waals surface area contributed by atoms with Gasteiger partial charge in [0.15, 0.2) is 11.6 Å². The van der Waals surface area contributed by atoms with Gasteiger partial charge in [0, 0.05) is 22.3 Å². The highest BCUT2D eigenvalue weighted by Gasteiger charge is 2.45. The quantitative estimate of drug-likeness (QED) is 0.759. The van der Waals surface area contributed by atoms with Crippen molar-refractivity contribution in [1.82, 2.24) is 0 Å². The number of ether oxygens (including phenoxy) is 1. The molecule has 1 aromatic carbocycles. The highest BCUT2D eigenvalue weighted by Crippen LogP contribution is 2.49. The normalized spacial score (nSPS) is 17.6. The highest BCUT2D eigenvalue weighted by atomic mass is 32.2. The van der Waals surface area contributed by atoms with Crippen molar-refractivity contribution in [3.05, 3.63) is 35.4 Å². The number of carbonyl (C=O) groups is 1. The van der Waals surface area contributed by atoms with Crippen molar-refractivity contribution in [2.45, 2.75) is 25.0 Å². The summed E-state index contributed by atoms with van der Waals surface area (Å²) in [5, 5.41) is 0. The molecule has 1 unspecified atom stereocenters. The van der Waals surface area contributed by atoms with Crippen LogP contribution in [0.4, 0.5) is 8.78 Å². The third kappa shape index (κ3) is 3.85. The van der Waals surface area contributed by atoms with Crippen LogP contribution in [-0.4, -0.2) is 23.0 Å². The van der Waals surface area contributed by atoms with E-state index in [2.05, 4.69) is 4.74 Å². The summed E-state index contributed by atoms with van der Waals surface area (Å²) in [6, 6.07) is 3.52. The molecule has 6 heteroatoms. The highest BCUT2D eigenvalue weighted by molar-refractivity contribution is 7.84. The summed E-state index contributed by atoms with van der Waals surface area (Å²) in [7, 11) is 0.122. The zero-order chi connectivity index (χ0) is 14.8. The van der Waals surface area contributed by atoms with Crippen LogP contribution in [0.2, 0.25) is 0 Å². The average Bonchev–Trinajstić information content (AvgIpc) is 3.13. The molecular formula is C14H16F2O3S. The first-order valence-corrected chi connectivity index (χ1v) is 7.79. The maximum atomic E-state index is 13.1. The number of carbonyl (C=O) groups excluding carboxylic acids is 1. The molecule has 0 amide bonds. The molecule has 0 radical (unpaired) electrons. The lowest BCUT2D eigenvalue weighted by Gasteiger charge is -2.13. The number of esters is 1. The van der Waals surface area contributed by atoms with Crippen LogP contribution in [0.15, 0.2) is 18.2 Å². The van der Waals surface area contributed by atoms with Crippen LogP contribution in [0, 0.1) is 17.0 Å². The zero-order valence-corrected chi connectivity index (χ0v) is 12.0. The molecule has 0 N–H and O–H groups in total. The average molecular weight is 302 g/mol. The topological polar surface area (TPSA) is 43.4 Å². The molecule has 1 saturated carbocycles. The van der Waals surface area contributed by atoms with E-state index in [1.807, 2.05) is 0 Å². The molecule has 110 valence electrons. The second kappa shape index (κ2) is 5.99. The second-order valence-corrected chi connectivity index (χ2v) is 6.69. The van der Waals surface area contributed by atoms with Gasteiger partial charge in [0.25, 0.3) is 0 Å². The van der Waals surface area contributed by atoms with Gasteiger partial charge in [-0.3, -0.25) is 9.00 Å². The lowest BCUT2D eigenvalue weighted by molar-refractivity contribution is -0.141. The second-order valence-electron chi connectivity index (χ2n) is 5.23. The molecule has 1 aliphatic carbocycles. The van der Waals surface area contributed by atoms with Crippen molar-refractivity contribution >= 4 is 16.8 Å². The van der Waals surface area contributed by atoms with Crippen LogP contribution >= 0.6 is 0 Å². The Bertz CT molecular complexity index is 541. The molecule has 2 rings (SSSR count). The van der Waals surface area contributed by atoms with E-state index in [4.69, 9.17) is 0 Å². The SMILES string of the molecule is COC(=O)CC1(CS(=O)Cc2ccc(F)c(F)c2)CC1. The number of methoxy groups -OCH3 is 1. The van der Waals surface area contributed by atoms with Crippen LogP contribution in [0.25, 0.3) is 0 Å². The van der Waals surface area contributed by atoms with Crippen LogP contribution < -0.4 is 0 Å². The van der Waals surface area contributed by atoms with Crippen LogP contribution in [-0.2, 0) is 26.1 Å². The molecule has 0 bridgehead atoms. The van der Waals surface area contributed by atoms with E-state index in [1.165, 1.54) is 13.2 Å². The minimum atomic E-state index is -1.21. The molecule has 0 spiro atoms. The van der Waals surface area contributed by atoms with Crippen molar-refractivity contribution in [2.75, 3.05) is 12.9 Å². The van der Waals surface area contributed by atoms with E-state index in [0.29, 0.717) is 11.3 Å². The van der Waals surface area contributed by atoms with Gasteiger partial charge in [0.05, 0.1) is 13.5 Å². The maximum Gasteiger partial charge on any atom is 0.306 e. The summed E-state index contributed by atoms with van der Waals surface area (Å²) >= 11 is 0. The van der Waals surface area contributed by atoms with Gasteiger partial charge in [0.1, 0.15) is 0 Å². The molecule has 0 heterocycles. The molecule has 20 heavy (non-hydrogen) atoms. The van der Waals surface area contributed by atoms with E-state index >= 15 is 0 Å². The molecule has 1 atom stereocenters. The largest absolute Gasteiger partial charge is 0.469 e. The molecular weight excluding hydrogens is 286 g/mol. The monoisotopic (exact) mass is 302 g/mol. The first kappa shape index (κ1) is 15.1. The number of hydrogen-bond acceptors (Lipinski definition) is 3. The minimum Gasteiger partial charge on any atom is -0.469 e. The van der Waals surface area contributed by atoms with E-state index < -0.39 is 22.4 Å². The third-order valence-electron chi connectivity index (χ3n) is 3.48. The van der Waals surface area contributed by atoms with E-state index in [9.17, 15) is 17.8 Å².